The third kappa shape index (κ3) is 4.17. The lowest BCUT2D eigenvalue weighted by Crippen LogP contribution is -2.32. The van der Waals surface area contributed by atoms with Crippen molar-refractivity contribution in [1.82, 2.24) is 4.90 Å². The van der Waals surface area contributed by atoms with Crippen LogP contribution in [0.4, 0.5) is 5.69 Å². The fraction of sp³-hybridized carbons (Fsp3) is 0.176. The molecule has 0 saturated carbocycles. The van der Waals surface area contributed by atoms with Crippen molar-refractivity contribution in [2.75, 3.05) is 13.1 Å². The van der Waals surface area contributed by atoms with Gasteiger partial charge in [0.15, 0.2) is 5.17 Å². The van der Waals surface area contributed by atoms with E-state index in [-0.39, 0.29) is 22.2 Å². The summed E-state index contributed by atoms with van der Waals surface area (Å²) in [5, 5.41) is 12.3. The van der Waals surface area contributed by atoms with Gasteiger partial charge in [-0.2, -0.15) is 0 Å². The van der Waals surface area contributed by atoms with Crippen LogP contribution in [0, 0.1) is 10.1 Å². The lowest BCUT2D eigenvalue weighted by Gasteiger charge is -2.18. The van der Waals surface area contributed by atoms with Crippen LogP contribution in [-0.2, 0) is 5.75 Å². The first-order chi connectivity index (χ1) is 12.5. The number of carbonyl (C=O) groups is 1. The zero-order chi connectivity index (χ0) is 18.7. The normalized spacial score (nSPS) is 13.6. The number of amidine groups is 1. The van der Waals surface area contributed by atoms with Crippen molar-refractivity contribution < 1.29 is 9.72 Å². The Bertz CT molecular complexity index is 905. The highest BCUT2D eigenvalue weighted by atomic mass is 35.5. The van der Waals surface area contributed by atoms with Gasteiger partial charge in [0.25, 0.3) is 11.6 Å². The van der Waals surface area contributed by atoms with E-state index in [1.165, 1.54) is 34.9 Å². The van der Waals surface area contributed by atoms with Crippen molar-refractivity contribution in [3.8, 4) is 0 Å². The van der Waals surface area contributed by atoms with Crippen LogP contribution in [-0.4, -0.2) is 34.0 Å². The quantitative estimate of drug-likeness (QED) is 0.543. The average Bonchev–Trinajstić information content (AvgIpc) is 3.08. The van der Waals surface area contributed by atoms with E-state index < -0.39 is 4.92 Å². The molecular weight excluding hydrogens is 397 g/mol. The van der Waals surface area contributed by atoms with Crippen LogP contribution in [0.15, 0.2) is 47.5 Å². The van der Waals surface area contributed by atoms with Gasteiger partial charge >= 0.3 is 0 Å². The SMILES string of the molecule is O=C(c1ccc(Cl)c([N+](=O)[O-])c1)N1CCN=C1SCc1cccc(Cl)c1. The summed E-state index contributed by atoms with van der Waals surface area (Å²) in [6.07, 6.45) is 0. The van der Waals surface area contributed by atoms with E-state index in [2.05, 4.69) is 4.99 Å². The van der Waals surface area contributed by atoms with E-state index in [4.69, 9.17) is 23.2 Å². The number of nitro groups is 1. The Kier molecular flexibility index (Phi) is 5.80. The minimum absolute atomic E-state index is 0.00260. The molecule has 1 amide bonds. The van der Waals surface area contributed by atoms with Gasteiger partial charge in [0.05, 0.1) is 11.5 Å². The Morgan fingerprint density at radius 2 is 2.08 bits per heavy atom. The Balaban J connectivity index is 1.74. The molecule has 1 heterocycles. The van der Waals surface area contributed by atoms with Crippen LogP contribution in [0.5, 0.6) is 0 Å². The van der Waals surface area contributed by atoms with Crippen LogP contribution < -0.4 is 0 Å². The largest absolute Gasteiger partial charge is 0.288 e. The monoisotopic (exact) mass is 409 g/mol. The van der Waals surface area contributed by atoms with Crippen molar-refractivity contribution in [3.63, 3.8) is 0 Å². The van der Waals surface area contributed by atoms with Crippen molar-refractivity contribution >= 4 is 51.7 Å². The van der Waals surface area contributed by atoms with E-state index in [9.17, 15) is 14.9 Å². The van der Waals surface area contributed by atoms with Gasteiger partial charge < -0.3 is 0 Å². The highest BCUT2D eigenvalue weighted by Crippen LogP contribution is 2.27. The molecule has 1 aliphatic heterocycles. The summed E-state index contributed by atoms with van der Waals surface area (Å²) in [5.41, 5.74) is 0.937. The minimum atomic E-state index is -0.605. The molecule has 6 nitrogen and oxygen atoms in total. The Hall–Kier alpha value is -2.09. The molecule has 0 aliphatic carbocycles. The molecule has 26 heavy (non-hydrogen) atoms. The highest BCUT2D eigenvalue weighted by molar-refractivity contribution is 8.13. The zero-order valence-electron chi connectivity index (χ0n) is 13.4. The number of thioether (sulfide) groups is 1. The van der Waals surface area contributed by atoms with Crippen molar-refractivity contribution in [2.45, 2.75) is 5.75 Å². The number of nitrogens with zero attached hydrogens (tertiary/aromatic N) is 3. The number of benzene rings is 2. The van der Waals surface area contributed by atoms with Crippen LogP contribution in [0.3, 0.4) is 0 Å². The molecule has 134 valence electrons. The van der Waals surface area contributed by atoms with Gasteiger partial charge in [-0.05, 0) is 29.8 Å². The molecule has 9 heteroatoms. The molecular formula is C17H13Cl2N3O3S. The average molecular weight is 410 g/mol. The second kappa shape index (κ2) is 8.07. The molecule has 2 aromatic carbocycles. The molecule has 0 fully saturated rings. The molecule has 0 saturated heterocycles. The van der Waals surface area contributed by atoms with Gasteiger partial charge in [-0.15, -0.1) is 0 Å². The van der Waals surface area contributed by atoms with Gasteiger partial charge in [0, 0.05) is 29.0 Å². The molecule has 0 unspecified atom stereocenters. The lowest BCUT2D eigenvalue weighted by molar-refractivity contribution is -0.384. The van der Waals surface area contributed by atoms with E-state index in [1.54, 1.807) is 6.07 Å². The molecule has 0 bridgehead atoms. The first-order valence-electron chi connectivity index (χ1n) is 7.63. The first-order valence-corrected chi connectivity index (χ1v) is 9.37. The Labute approximate surface area is 164 Å². The molecule has 2 aromatic rings. The van der Waals surface area contributed by atoms with Crippen molar-refractivity contribution in [1.29, 1.82) is 0 Å². The van der Waals surface area contributed by atoms with Crippen LogP contribution in [0.2, 0.25) is 10.0 Å². The number of hydrogen-bond donors (Lipinski definition) is 0. The van der Waals surface area contributed by atoms with Gasteiger partial charge in [-0.25, -0.2) is 0 Å². The second-order valence-corrected chi connectivity index (χ2v) is 7.25. The summed E-state index contributed by atoms with van der Waals surface area (Å²) in [6, 6.07) is 11.5. The number of nitro benzene ring substituents is 1. The molecule has 0 radical (unpaired) electrons. The topological polar surface area (TPSA) is 75.8 Å². The molecule has 0 N–H and O–H groups in total. The number of carbonyl (C=O) groups excluding carboxylic acids is 1. The van der Waals surface area contributed by atoms with E-state index in [0.29, 0.717) is 29.0 Å². The van der Waals surface area contributed by atoms with Gasteiger partial charge in [0.2, 0.25) is 0 Å². The van der Waals surface area contributed by atoms with Crippen molar-refractivity contribution in [3.05, 3.63) is 73.8 Å². The number of aliphatic imine (C=N–C) groups is 1. The summed E-state index contributed by atoms with van der Waals surface area (Å²) in [7, 11) is 0. The molecule has 0 spiro atoms. The third-order valence-corrected chi connectivity index (χ3v) is 5.33. The zero-order valence-corrected chi connectivity index (χ0v) is 15.7. The molecule has 0 aromatic heterocycles. The Morgan fingerprint density at radius 1 is 1.27 bits per heavy atom. The maximum Gasteiger partial charge on any atom is 0.288 e. The number of hydrogen-bond acceptors (Lipinski definition) is 5. The van der Waals surface area contributed by atoms with Gasteiger partial charge in [-0.3, -0.25) is 24.8 Å². The molecule has 1 aliphatic rings. The number of rotatable bonds is 4. The Morgan fingerprint density at radius 3 is 2.81 bits per heavy atom. The second-order valence-electron chi connectivity index (χ2n) is 5.46. The minimum Gasteiger partial charge on any atom is -0.286 e. The third-order valence-electron chi connectivity index (χ3n) is 3.69. The van der Waals surface area contributed by atoms with Crippen molar-refractivity contribution in [2.24, 2.45) is 4.99 Å². The standard InChI is InChI=1S/C17H13Cl2N3O3S/c18-13-3-1-2-11(8-13)10-26-17-20-6-7-21(17)16(23)12-4-5-14(19)15(9-12)22(24)25/h1-5,8-9H,6-7,10H2. The van der Waals surface area contributed by atoms with E-state index in [1.807, 2.05) is 18.2 Å². The summed E-state index contributed by atoms with van der Waals surface area (Å²) in [5.74, 6) is 0.281. The fourth-order valence-corrected chi connectivity index (χ4v) is 3.84. The number of amides is 1. The summed E-state index contributed by atoms with van der Waals surface area (Å²) in [6.45, 7) is 0.937. The maximum absolute atomic E-state index is 12.8. The summed E-state index contributed by atoms with van der Waals surface area (Å²) >= 11 is 13.2. The highest BCUT2D eigenvalue weighted by Gasteiger charge is 2.27. The first kappa shape index (κ1) is 18.7. The predicted molar refractivity (Wildman–Crippen MR) is 104 cm³/mol. The van der Waals surface area contributed by atoms with Crippen LogP contribution in [0.25, 0.3) is 0 Å². The molecule has 0 atom stereocenters. The summed E-state index contributed by atoms with van der Waals surface area (Å²) in [4.78, 5) is 29.1. The number of halogens is 2. The van der Waals surface area contributed by atoms with Gasteiger partial charge in [0.1, 0.15) is 5.02 Å². The smallest absolute Gasteiger partial charge is 0.286 e. The van der Waals surface area contributed by atoms with Crippen LogP contribution >= 0.6 is 35.0 Å². The predicted octanol–water partition coefficient (Wildman–Crippen LogP) is 4.65. The lowest BCUT2D eigenvalue weighted by atomic mass is 10.2. The van der Waals surface area contributed by atoms with E-state index in [0.717, 1.165) is 5.56 Å². The fourth-order valence-electron chi connectivity index (χ4n) is 2.45. The van der Waals surface area contributed by atoms with Gasteiger partial charge in [-0.1, -0.05) is 47.1 Å². The maximum atomic E-state index is 12.8. The van der Waals surface area contributed by atoms with Crippen LogP contribution in [0.1, 0.15) is 15.9 Å². The summed E-state index contributed by atoms with van der Waals surface area (Å²) < 4.78 is 0. The van der Waals surface area contributed by atoms with E-state index >= 15 is 0 Å². The molecule has 3 rings (SSSR count).